The monoisotopic (exact) mass is 484 g/mol. The molecule has 1 atom stereocenters. The lowest BCUT2D eigenvalue weighted by molar-refractivity contribution is 0.00338. The van der Waals surface area contributed by atoms with E-state index in [-0.39, 0.29) is 12.0 Å². The van der Waals surface area contributed by atoms with Crippen LogP contribution in [0.2, 0.25) is 5.02 Å². The molecule has 1 saturated heterocycles. The van der Waals surface area contributed by atoms with Crippen molar-refractivity contribution in [3.63, 3.8) is 0 Å². The van der Waals surface area contributed by atoms with E-state index in [1.807, 2.05) is 65.7 Å². The Morgan fingerprint density at radius 2 is 1.88 bits per heavy atom. The van der Waals surface area contributed by atoms with E-state index in [9.17, 15) is 4.79 Å². The molecule has 0 N–H and O–H groups in total. The Morgan fingerprint density at radius 3 is 2.58 bits per heavy atom. The van der Waals surface area contributed by atoms with E-state index in [0.29, 0.717) is 11.6 Å². The first kappa shape index (κ1) is 23.8. The fourth-order valence-electron chi connectivity index (χ4n) is 4.02. The summed E-state index contributed by atoms with van der Waals surface area (Å²) in [6.07, 6.45) is -0.124. The van der Waals surface area contributed by atoms with Crippen molar-refractivity contribution in [3.8, 4) is 5.75 Å². The lowest BCUT2D eigenvalue weighted by Gasteiger charge is -2.36. The smallest absolute Gasteiger partial charge is 0.264 e. The summed E-state index contributed by atoms with van der Waals surface area (Å²) in [6.45, 7) is 6.28. The topological polar surface area (TPSA) is 42.0 Å². The lowest BCUT2D eigenvalue weighted by atomic mass is 10.1. The number of nitrogens with zero attached hydrogens (tertiary/aromatic N) is 2. The molecule has 1 fully saturated rings. The van der Waals surface area contributed by atoms with Gasteiger partial charge in [-0.2, -0.15) is 0 Å². The van der Waals surface area contributed by atoms with Crippen LogP contribution in [0.1, 0.15) is 32.5 Å². The van der Waals surface area contributed by atoms with Crippen LogP contribution in [0.3, 0.4) is 0 Å². The summed E-state index contributed by atoms with van der Waals surface area (Å²) < 4.78 is 11.8. The van der Waals surface area contributed by atoms with Gasteiger partial charge in [-0.25, -0.2) is 0 Å². The number of aryl methyl sites for hydroxylation is 1. The Bertz CT molecular complexity index is 1080. The molecule has 0 unspecified atom stereocenters. The Kier molecular flexibility index (Phi) is 8.04. The summed E-state index contributed by atoms with van der Waals surface area (Å²) in [4.78, 5) is 18.0. The van der Waals surface area contributed by atoms with Gasteiger partial charge in [-0.3, -0.25) is 9.69 Å². The van der Waals surface area contributed by atoms with E-state index in [0.717, 1.165) is 60.0 Å². The van der Waals surface area contributed by atoms with Gasteiger partial charge in [-0.15, -0.1) is 11.3 Å². The van der Waals surface area contributed by atoms with E-state index < -0.39 is 0 Å². The molecule has 1 aliphatic rings. The number of carbonyl (C=O) groups is 1. The van der Waals surface area contributed by atoms with E-state index in [1.165, 1.54) is 11.3 Å². The Hall–Kier alpha value is -2.38. The fraction of sp³-hybridized carbons (Fsp3) is 0.346. The van der Waals surface area contributed by atoms with E-state index in [4.69, 9.17) is 21.1 Å². The van der Waals surface area contributed by atoms with Gasteiger partial charge >= 0.3 is 0 Å². The van der Waals surface area contributed by atoms with Crippen LogP contribution in [0, 0.1) is 6.92 Å². The van der Waals surface area contributed by atoms with Crippen molar-refractivity contribution in [2.45, 2.75) is 19.6 Å². The highest BCUT2D eigenvalue weighted by Gasteiger charge is 2.26. The van der Waals surface area contributed by atoms with Gasteiger partial charge < -0.3 is 14.4 Å². The minimum Gasteiger partial charge on any atom is -0.497 e. The molecular formula is C26H29ClN2O3S. The van der Waals surface area contributed by atoms with Crippen LogP contribution in [0.4, 0.5) is 0 Å². The Labute approximate surface area is 204 Å². The molecule has 3 aromatic rings. The third kappa shape index (κ3) is 6.15. The van der Waals surface area contributed by atoms with Crippen molar-refractivity contribution in [1.29, 1.82) is 0 Å². The normalized spacial score (nSPS) is 15.4. The van der Waals surface area contributed by atoms with Crippen LogP contribution in [0.15, 0.2) is 60.0 Å². The SMILES string of the molecule is COc1cccc([C@H](CN2CCN(C(=O)c3sccc3C)CC2)OCc2cccc(Cl)c2)c1. The highest BCUT2D eigenvalue weighted by Crippen LogP contribution is 2.26. The molecule has 0 radical (unpaired) electrons. The number of halogens is 1. The minimum absolute atomic E-state index is 0.124. The standard InChI is InChI=1S/C26H29ClN2O3S/c1-19-9-14-33-25(19)26(30)29-12-10-28(11-13-29)17-24(21-6-4-8-23(16-21)31-2)32-18-20-5-3-7-22(27)15-20/h3-9,14-16,24H,10-13,17-18H2,1-2H3/t24-/m0/s1. The largest absolute Gasteiger partial charge is 0.497 e. The van der Waals surface area contributed by atoms with E-state index in [1.54, 1.807) is 7.11 Å². The average molecular weight is 485 g/mol. The Balaban J connectivity index is 1.41. The number of hydrogen-bond acceptors (Lipinski definition) is 5. The Morgan fingerprint density at radius 1 is 1.09 bits per heavy atom. The highest BCUT2D eigenvalue weighted by atomic mass is 35.5. The molecule has 2 aromatic carbocycles. The van der Waals surface area contributed by atoms with Crippen LogP contribution < -0.4 is 4.74 Å². The van der Waals surface area contributed by atoms with Gasteiger partial charge in [-0.1, -0.05) is 35.9 Å². The van der Waals surface area contributed by atoms with Crippen molar-refractivity contribution in [3.05, 3.63) is 86.6 Å². The predicted octanol–water partition coefficient (Wildman–Crippen LogP) is 5.43. The van der Waals surface area contributed by atoms with E-state index in [2.05, 4.69) is 11.0 Å². The van der Waals surface area contributed by atoms with Crippen molar-refractivity contribution >= 4 is 28.8 Å². The first-order chi connectivity index (χ1) is 16.0. The van der Waals surface area contributed by atoms with Crippen LogP contribution in [-0.2, 0) is 11.3 Å². The maximum absolute atomic E-state index is 12.9. The first-order valence-electron chi connectivity index (χ1n) is 11.1. The van der Waals surface area contributed by atoms with Crippen LogP contribution in [0.25, 0.3) is 0 Å². The maximum atomic E-state index is 12.9. The number of carbonyl (C=O) groups excluding carboxylic acids is 1. The molecular weight excluding hydrogens is 456 g/mol. The first-order valence-corrected chi connectivity index (χ1v) is 12.3. The highest BCUT2D eigenvalue weighted by molar-refractivity contribution is 7.12. The van der Waals surface area contributed by atoms with Crippen LogP contribution >= 0.6 is 22.9 Å². The molecule has 1 aliphatic heterocycles. The molecule has 0 spiro atoms. The zero-order valence-electron chi connectivity index (χ0n) is 19.0. The van der Waals surface area contributed by atoms with Crippen LogP contribution in [0.5, 0.6) is 5.75 Å². The van der Waals surface area contributed by atoms with Gasteiger partial charge in [0.2, 0.25) is 0 Å². The van der Waals surface area contributed by atoms with Crippen molar-refractivity contribution in [1.82, 2.24) is 9.80 Å². The fourth-order valence-corrected chi connectivity index (χ4v) is 5.13. The number of thiophene rings is 1. The summed E-state index contributed by atoms with van der Waals surface area (Å²) in [5.74, 6) is 0.953. The minimum atomic E-state index is -0.124. The van der Waals surface area contributed by atoms with Gasteiger partial charge in [0, 0.05) is 37.7 Å². The summed E-state index contributed by atoms with van der Waals surface area (Å²) in [6, 6.07) is 17.8. The van der Waals surface area contributed by atoms with Gasteiger partial charge in [0.1, 0.15) is 5.75 Å². The molecule has 0 aliphatic carbocycles. The van der Waals surface area contributed by atoms with Gasteiger partial charge in [0.15, 0.2) is 0 Å². The maximum Gasteiger partial charge on any atom is 0.264 e. The van der Waals surface area contributed by atoms with Crippen molar-refractivity contribution in [2.75, 3.05) is 39.8 Å². The van der Waals surface area contributed by atoms with Crippen molar-refractivity contribution < 1.29 is 14.3 Å². The molecule has 0 bridgehead atoms. The second-order valence-electron chi connectivity index (χ2n) is 8.23. The molecule has 2 heterocycles. The summed E-state index contributed by atoms with van der Waals surface area (Å²) in [5, 5.41) is 2.69. The molecule has 174 valence electrons. The number of ether oxygens (including phenoxy) is 2. The van der Waals surface area contributed by atoms with Gasteiger partial charge in [0.05, 0.1) is 24.7 Å². The summed E-state index contributed by atoms with van der Waals surface area (Å²) in [5.41, 5.74) is 3.17. The van der Waals surface area contributed by atoms with Crippen molar-refractivity contribution in [2.24, 2.45) is 0 Å². The lowest BCUT2D eigenvalue weighted by Crippen LogP contribution is -2.49. The second kappa shape index (κ2) is 11.2. The zero-order valence-corrected chi connectivity index (χ0v) is 20.6. The summed E-state index contributed by atoms with van der Waals surface area (Å²) >= 11 is 7.67. The molecule has 5 nitrogen and oxygen atoms in total. The number of piperazine rings is 1. The number of methoxy groups -OCH3 is 1. The second-order valence-corrected chi connectivity index (χ2v) is 9.58. The van der Waals surface area contributed by atoms with Gasteiger partial charge in [0.25, 0.3) is 5.91 Å². The molecule has 4 rings (SSSR count). The molecule has 33 heavy (non-hydrogen) atoms. The molecule has 1 amide bonds. The summed E-state index contributed by atoms with van der Waals surface area (Å²) in [7, 11) is 1.67. The number of hydrogen-bond donors (Lipinski definition) is 0. The van der Waals surface area contributed by atoms with Gasteiger partial charge in [-0.05, 0) is 59.3 Å². The molecule has 7 heteroatoms. The molecule has 1 aromatic heterocycles. The van der Waals surface area contributed by atoms with Crippen LogP contribution in [-0.4, -0.2) is 55.5 Å². The van der Waals surface area contributed by atoms with E-state index >= 15 is 0 Å². The molecule has 0 saturated carbocycles. The average Bonchev–Trinajstić information content (AvgIpc) is 3.27. The number of benzene rings is 2. The predicted molar refractivity (Wildman–Crippen MR) is 133 cm³/mol. The third-order valence-electron chi connectivity index (χ3n) is 5.95. The zero-order chi connectivity index (χ0) is 23.2. The third-order valence-corrected chi connectivity index (χ3v) is 7.19. The quantitative estimate of drug-likeness (QED) is 0.427. The number of rotatable bonds is 8. The number of amides is 1.